The molecule has 6 heteroatoms. The molecule has 0 radical (unpaired) electrons. The third kappa shape index (κ3) is 3.65. The molecule has 2 aromatic rings. The van der Waals surface area contributed by atoms with Gasteiger partial charge < -0.3 is 10.4 Å². The molecule has 0 aliphatic carbocycles. The standard InChI is InChI=1S/C15H12BrF2NO2/c16-10-6-11(17)14(12(18)7-10)15(21)19-13(8-20)9-4-2-1-3-5-9/h1-7,13,20H,8H2,(H,19,21). The number of carbonyl (C=O) groups is 1. The molecule has 110 valence electrons. The summed E-state index contributed by atoms with van der Waals surface area (Å²) in [6.45, 7) is -0.379. The number of hydrogen-bond acceptors (Lipinski definition) is 2. The van der Waals surface area contributed by atoms with Crippen molar-refractivity contribution in [3.63, 3.8) is 0 Å². The fourth-order valence-electron chi connectivity index (χ4n) is 1.91. The first kappa shape index (κ1) is 15.6. The largest absolute Gasteiger partial charge is 0.394 e. The van der Waals surface area contributed by atoms with Crippen molar-refractivity contribution in [2.75, 3.05) is 6.61 Å². The third-order valence-electron chi connectivity index (χ3n) is 2.92. The lowest BCUT2D eigenvalue weighted by atomic mass is 10.1. The smallest absolute Gasteiger partial charge is 0.257 e. The lowest BCUT2D eigenvalue weighted by Gasteiger charge is -2.17. The molecule has 21 heavy (non-hydrogen) atoms. The fourth-order valence-corrected chi connectivity index (χ4v) is 2.31. The summed E-state index contributed by atoms with van der Waals surface area (Å²) in [6, 6.07) is 9.96. The van der Waals surface area contributed by atoms with E-state index in [9.17, 15) is 18.7 Å². The molecule has 3 nitrogen and oxygen atoms in total. The highest BCUT2D eigenvalue weighted by Crippen LogP contribution is 2.20. The van der Waals surface area contributed by atoms with Gasteiger partial charge in [-0.05, 0) is 17.7 Å². The zero-order chi connectivity index (χ0) is 15.4. The van der Waals surface area contributed by atoms with E-state index in [1.165, 1.54) is 0 Å². The van der Waals surface area contributed by atoms with Gasteiger partial charge in [0.05, 0.1) is 12.6 Å². The molecule has 0 fully saturated rings. The molecule has 0 spiro atoms. The van der Waals surface area contributed by atoms with E-state index in [0.29, 0.717) is 5.56 Å². The van der Waals surface area contributed by atoms with Crippen LogP contribution in [0.1, 0.15) is 22.0 Å². The Balaban J connectivity index is 2.25. The Labute approximate surface area is 128 Å². The van der Waals surface area contributed by atoms with Crippen LogP contribution < -0.4 is 5.32 Å². The molecule has 0 bridgehead atoms. The Kier molecular flexibility index (Phi) is 5.03. The molecule has 0 saturated carbocycles. The number of carbonyl (C=O) groups excluding carboxylic acids is 1. The minimum Gasteiger partial charge on any atom is -0.394 e. The number of benzene rings is 2. The van der Waals surface area contributed by atoms with Gasteiger partial charge in [-0.15, -0.1) is 0 Å². The van der Waals surface area contributed by atoms with Crippen LogP contribution in [0.2, 0.25) is 0 Å². The van der Waals surface area contributed by atoms with Crippen LogP contribution >= 0.6 is 15.9 Å². The molecule has 2 N–H and O–H groups in total. The van der Waals surface area contributed by atoms with E-state index >= 15 is 0 Å². The summed E-state index contributed by atoms with van der Waals surface area (Å²) in [5, 5.41) is 11.8. The highest BCUT2D eigenvalue weighted by atomic mass is 79.9. The molecule has 2 rings (SSSR count). The van der Waals surface area contributed by atoms with Crippen molar-refractivity contribution >= 4 is 21.8 Å². The van der Waals surface area contributed by atoms with Gasteiger partial charge in [0.25, 0.3) is 5.91 Å². The second-order valence-electron chi connectivity index (χ2n) is 4.36. The maximum absolute atomic E-state index is 13.7. The van der Waals surface area contributed by atoms with E-state index in [0.717, 1.165) is 12.1 Å². The Morgan fingerprint density at radius 1 is 1.19 bits per heavy atom. The molecular formula is C15H12BrF2NO2. The second-order valence-corrected chi connectivity index (χ2v) is 5.28. The summed E-state index contributed by atoms with van der Waals surface area (Å²) in [5.41, 5.74) is -0.0288. The van der Waals surface area contributed by atoms with E-state index in [-0.39, 0.29) is 11.1 Å². The molecule has 1 atom stereocenters. The molecular weight excluding hydrogens is 344 g/mol. The van der Waals surface area contributed by atoms with E-state index in [1.807, 2.05) is 0 Å². The lowest BCUT2D eigenvalue weighted by molar-refractivity contribution is 0.0907. The van der Waals surface area contributed by atoms with Crippen molar-refractivity contribution in [2.24, 2.45) is 0 Å². The zero-order valence-corrected chi connectivity index (χ0v) is 12.4. The van der Waals surface area contributed by atoms with Crippen LogP contribution in [0.3, 0.4) is 0 Å². The first-order chi connectivity index (χ1) is 10.0. The summed E-state index contributed by atoms with van der Waals surface area (Å²) in [7, 11) is 0. The van der Waals surface area contributed by atoms with E-state index in [1.54, 1.807) is 30.3 Å². The van der Waals surface area contributed by atoms with Crippen molar-refractivity contribution in [1.82, 2.24) is 5.32 Å². The number of halogens is 3. The van der Waals surface area contributed by atoms with E-state index < -0.39 is 29.1 Å². The highest BCUT2D eigenvalue weighted by Gasteiger charge is 2.21. The van der Waals surface area contributed by atoms with Gasteiger partial charge in [0.15, 0.2) is 0 Å². The minimum absolute atomic E-state index is 0.204. The second kappa shape index (κ2) is 6.78. The molecule has 0 heterocycles. The number of amides is 1. The summed E-state index contributed by atoms with van der Waals surface area (Å²) in [4.78, 5) is 12.0. The number of aliphatic hydroxyl groups is 1. The topological polar surface area (TPSA) is 49.3 Å². The van der Waals surface area contributed by atoms with Gasteiger partial charge in [-0.2, -0.15) is 0 Å². The van der Waals surface area contributed by atoms with Gasteiger partial charge in [-0.25, -0.2) is 8.78 Å². The summed E-state index contributed by atoms with van der Waals surface area (Å²) in [6.07, 6.45) is 0. The highest BCUT2D eigenvalue weighted by molar-refractivity contribution is 9.10. The molecule has 0 saturated heterocycles. The predicted molar refractivity (Wildman–Crippen MR) is 77.8 cm³/mol. The third-order valence-corrected chi connectivity index (χ3v) is 3.38. The normalized spacial score (nSPS) is 12.0. The van der Waals surface area contributed by atoms with Crippen LogP contribution in [-0.2, 0) is 0 Å². The minimum atomic E-state index is -0.968. The summed E-state index contributed by atoms with van der Waals surface area (Å²) < 4.78 is 27.7. The van der Waals surface area contributed by atoms with Gasteiger partial charge in [-0.1, -0.05) is 46.3 Å². The van der Waals surface area contributed by atoms with Crippen molar-refractivity contribution in [3.8, 4) is 0 Å². The number of nitrogens with one attached hydrogen (secondary N) is 1. The van der Waals surface area contributed by atoms with Crippen LogP contribution in [0.4, 0.5) is 8.78 Å². The molecule has 0 aromatic heterocycles. The molecule has 0 aliphatic rings. The number of aliphatic hydroxyl groups excluding tert-OH is 1. The monoisotopic (exact) mass is 355 g/mol. The van der Waals surface area contributed by atoms with Crippen molar-refractivity contribution < 1.29 is 18.7 Å². The average molecular weight is 356 g/mol. The van der Waals surface area contributed by atoms with Crippen LogP contribution in [0, 0.1) is 11.6 Å². The van der Waals surface area contributed by atoms with E-state index in [4.69, 9.17) is 0 Å². The van der Waals surface area contributed by atoms with Crippen LogP contribution in [0.25, 0.3) is 0 Å². The van der Waals surface area contributed by atoms with Crippen LogP contribution in [0.5, 0.6) is 0 Å². The maximum atomic E-state index is 13.7. The quantitative estimate of drug-likeness (QED) is 0.884. The van der Waals surface area contributed by atoms with Crippen molar-refractivity contribution in [3.05, 3.63) is 69.7 Å². The Bertz CT molecular complexity index is 626. The van der Waals surface area contributed by atoms with Gasteiger partial charge in [0.1, 0.15) is 17.2 Å². The summed E-state index contributed by atoms with van der Waals surface area (Å²) in [5.74, 6) is -2.85. The zero-order valence-electron chi connectivity index (χ0n) is 10.8. The van der Waals surface area contributed by atoms with Gasteiger partial charge in [0, 0.05) is 4.47 Å². The number of rotatable bonds is 4. The van der Waals surface area contributed by atoms with E-state index in [2.05, 4.69) is 21.2 Å². The Hall–Kier alpha value is -1.79. The van der Waals surface area contributed by atoms with Gasteiger partial charge in [-0.3, -0.25) is 4.79 Å². The number of hydrogen-bond donors (Lipinski definition) is 2. The SMILES string of the molecule is O=C(NC(CO)c1ccccc1)c1c(F)cc(Br)cc1F. The van der Waals surface area contributed by atoms with Crippen molar-refractivity contribution in [2.45, 2.75) is 6.04 Å². The Morgan fingerprint density at radius 3 is 2.29 bits per heavy atom. The first-order valence-electron chi connectivity index (χ1n) is 6.14. The van der Waals surface area contributed by atoms with Gasteiger partial charge in [0.2, 0.25) is 0 Å². The molecule has 1 unspecified atom stereocenters. The molecule has 0 aliphatic heterocycles. The predicted octanol–water partition coefficient (Wildman–Crippen LogP) is 3.19. The molecule has 2 aromatic carbocycles. The average Bonchev–Trinajstić information content (AvgIpc) is 2.44. The fraction of sp³-hybridized carbons (Fsp3) is 0.133. The maximum Gasteiger partial charge on any atom is 0.257 e. The first-order valence-corrected chi connectivity index (χ1v) is 6.93. The van der Waals surface area contributed by atoms with Crippen LogP contribution in [-0.4, -0.2) is 17.6 Å². The summed E-state index contributed by atoms with van der Waals surface area (Å²) >= 11 is 2.95. The van der Waals surface area contributed by atoms with Crippen molar-refractivity contribution in [1.29, 1.82) is 0 Å². The lowest BCUT2D eigenvalue weighted by Crippen LogP contribution is -2.32. The van der Waals surface area contributed by atoms with Gasteiger partial charge >= 0.3 is 0 Å². The Morgan fingerprint density at radius 2 is 1.76 bits per heavy atom. The molecule has 1 amide bonds. The van der Waals surface area contributed by atoms with Crippen LogP contribution in [0.15, 0.2) is 46.9 Å².